The van der Waals surface area contributed by atoms with Gasteiger partial charge in [-0.3, -0.25) is 9.59 Å². The van der Waals surface area contributed by atoms with E-state index >= 15 is 0 Å². The molecule has 0 aromatic heterocycles. The largest absolute Gasteiger partial charge is 0.340 e. The van der Waals surface area contributed by atoms with E-state index in [4.69, 9.17) is 0 Å². The summed E-state index contributed by atoms with van der Waals surface area (Å²) in [6.07, 6.45) is 2.80. The lowest BCUT2D eigenvalue weighted by Gasteiger charge is -2.29. The van der Waals surface area contributed by atoms with Crippen LogP contribution in [0.15, 0.2) is 0 Å². The summed E-state index contributed by atoms with van der Waals surface area (Å²) in [5.74, 6) is 0.177. The number of carbonyl (C=O) groups is 2. The molecule has 2 rings (SSSR count). The van der Waals surface area contributed by atoms with Crippen molar-refractivity contribution in [1.29, 1.82) is 0 Å². The standard InChI is InChI=1S/C13H23N3O2/c1-11(17)16-8-3-5-12(16)13(18)15-7-4-6-14(2)9-10-15/h12H,3-10H2,1-2H3/t12-/m1/s1. The average Bonchev–Trinajstić information content (AvgIpc) is 2.72. The molecule has 2 fully saturated rings. The van der Waals surface area contributed by atoms with Gasteiger partial charge in [-0.05, 0) is 32.9 Å². The summed E-state index contributed by atoms with van der Waals surface area (Å²) < 4.78 is 0. The van der Waals surface area contributed by atoms with Gasteiger partial charge in [-0.1, -0.05) is 0 Å². The summed E-state index contributed by atoms with van der Waals surface area (Å²) in [6.45, 7) is 5.88. The van der Waals surface area contributed by atoms with Crippen molar-refractivity contribution >= 4 is 11.8 Å². The second-order valence-electron chi connectivity index (χ2n) is 5.35. The Morgan fingerprint density at radius 1 is 1.00 bits per heavy atom. The Morgan fingerprint density at radius 2 is 1.78 bits per heavy atom. The molecule has 0 aromatic carbocycles. The molecule has 18 heavy (non-hydrogen) atoms. The Balaban J connectivity index is 1.99. The molecule has 0 spiro atoms. The molecule has 0 aromatic rings. The van der Waals surface area contributed by atoms with Crippen LogP contribution in [0.25, 0.3) is 0 Å². The van der Waals surface area contributed by atoms with Crippen molar-refractivity contribution in [3.8, 4) is 0 Å². The van der Waals surface area contributed by atoms with Crippen molar-refractivity contribution in [2.45, 2.75) is 32.2 Å². The molecule has 5 nitrogen and oxygen atoms in total. The Hall–Kier alpha value is -1.10. The molecule has 2 heterocycles. The monoisotopic (exact) mass is 253 g/mol. The maximum absolute atomic E-state index is 12.5. The minimum Gasteiger partial charge on any atom is -0.340 e. The number of nitrogens with zero attached hydrogens (tertiary/aromatic N) is 3. The summed E-state index contributed by atoms with van der Waals surface area (Å²) in [4.78, 5) is 29.9. The zero-order valence-corrected chi connectivity index (χ0v) is 11.4. The SMILES string of the molecule is CC(=O)N1CCC[C@@H]1C(=O)N1CCCN(C)CC1. The maximum atomic E-state index is 12.5. The van der Waals surface area contributed by atoms with Gasteiger partial charge in [0.15, 0.2) is 0 Å². The molecule has 102 valence electrons. The number of likely N-dealkylation sites (N-methyl/N-ethyl adjacent to an activating group) is 1. The van der Waals surface area contributed by atoms with E-state index in [2.05, 4.69) is 11.9 Å². The van der Waals surface area contributed by atoms with Crippen LogP contribution in [-0.2, 0) is 9.59 Å². The summed E-state index contributed by atoms with van der Waals surface area (Å²) in [7, 11) is 2.09. The fourth-order valence-electron chi connectivity index (χ4n) is 2.88. The van der Waals surface area contributed by atoms with Crippen LogP contribution in [0.2, 0.25) is 0 Å². The van der Waals surface area contributed by atoms with Gasteiger partial charge in [0.2, 0.25) is 11.8 Å². The van der Waals surface area contributed by atoms with Crippen LogP contribution in [0.5, 0.6) is 0 Å². The fourth-order valence-corrected chi connectivity index (χ4v) is 2.88. The van der Waals surface area contributed by atoms with Crippen molar-refractivity contribution in [1.82, 2.24) is 14.7 Å². The predicted octanol–water partition coefficient (Wildman–Crippen LogP) is 0.161. The second kappa shape index (κ2) is 5.69. The van der Waals surface area contributed by atoms with E-state index in [0.29, 0.717) is 0 Å². The van der Waals surface area contributed by atoms with Crippen LogP contribution in [0.4, 0.5) is 0 Å². The molecular formula is C13H23N3O2. The van der Waals surface area contributed by atoms with Gasteiger partial charge in [0.25, 0.3) is 0 Å². The first-order chi connectivity index (χ1) is 8.59. The van der Waals surface area contributed by atoms with Crippen LogP contribution in [-0.4, -0.2) is 72.3 Å². The molecule has 5 heteroatoms. The first kappa shape index (κ1) is 13.3. The van der Waals surface area contributed by atoms with Gasteiger partial charge in [0.1, 0.15) is 6.04 Å². The average molecular weight is 253 g/mol. The lowest BCUT2D eigenvalue weighted by Crippen LogP contribution is -2.48. The number of hydrogen-bond acceptors (Lipinski definition) is 3. The lowest BCUT2D eigenvalue weighted by atomic mass is 10.2. The molecule has 0 saturated carbocycles. The van der Waals surface area contributed by atoms with Gasteiger partial charge in [-0.25, -0.2) is 0 Å². The van der Waals surface area contributed by atoms with Gasteiger partial charge in [-0.15, -0.1) is 0 Å². The number of carbonyl (C=O) groups excluding carboxylic acids is 2. The lowest BCUT2D eigenvalue weighted by molar-refractivity contribution is -0.142. The van der Waals surface area contributed by atoms with E-state index in [-0.39, 0.29) is 17.9 Å². The quantitative estimate of drug-likeness (QED) is 0.669. The van der Waals surface area contributed by atoms with E-state index in [1.54, 1.807) is 11.8 Å². The van der Waals surface area contributed by atoms with Crippen LogP contribution < -0.4 is 0 Å². The molecular weight excluding hydrogens is 230 g/mol. The number of hydrogen-bond donors (Lipinski definition) is 0. The summed E-state index contributed by atoms with van der Waals surface area (Å²) in [5.41, 5.74) is 0. The van der Waals surface area contributed by atoms with Crippen LogP contribution in [0.1, 0.15) is 26.2 Å². The minimum atomic E-state index is -0.203. The summed E-state index contributed by atoms with van der Waals surface area (Å²) in [6, 6.07) is -0.203. The highest BCUT2D eigenvalue weighted by atomic mass is 16.2. The highest BCUT2D eigenvalue weighted by molar-refractivity contribution is 5.87. The molecule has 0 radical (unpaired) electrons. The summed E-state index contributed by atoms with van der Waals surface area (Å²) in [5, 5.41) is 0. The molecule has 0 bridgehead atoms. The van der Waals surface area contributed by atoms with Crippen molar-refractivity contribution in [2.75, 3.05) is 39.8 Å². The number of likely N-dealkylation sites (tertiary alicyclic amines) is 1. The zero-order valence-electron chi connectivity index (χ0n) is 11.4. The van der Waals surface area contributed by atoms with E-state index < -0.39 is 0 Å². The van der Waals surface area contributed by atoms with Crippen molar-refractivity contribution in [3.63, 3.8) is 0 Å². The highest BCUT2D eigenvalue weighted by Gasteiger charge is 2.35. The molecule has 0 N–H and O–H groups in total. The first-order valence-corrected chi connectivity index (χ1v) is 6.84. The molecule has 2 aliphatic rings. The van der Waals surface area contributed by atoms with Crippen LogP contribution in [0, 0.1) is 0 Å². The number of rotatable bonds is 1. The van der Waals surface area contributed by atoms with Gasteiger partial charge < -0.3 is 14.7 Å². The minimum absolute atomic E-state index is 0.0257. The Labute approximate surface area is 109 Å². The molecule has 0 unspecified atom stereocenters. The third-order valence-corrected chi connectivity index (χ3v) is 3.97. The predicted molar refractivity (Wildman–Crippen MR) is 69.1 cm³/mol. The van der Waals surface area contributed by atoms with E-state index in [1.807, 2.05) is 4.90 Å². The van der Waals surface area contributed by atoms with Crippen molar-refractivity contribution in [3.05, 3.63) is 0 Å². The van der Waals surface area contributed by atoms with Crippen molar-refractivity contribution < 1.29 is 9.59 Å². The van der Waals surface area contributed by atoms with Crippen LogP contribution in [0.3, 0.4) is 0 Å². The Morgan fingerprint density at radius 3 is 2.50 bits per heavy atom. The first-order valence-electron chi connectivity index (χ1n) is 6.84. The zero-order chi connectivity index (χ0) is 13.1. The van der Waals surface area contributed by atoms with Gasteiger partial charge in [0, 0.05) is 33.1 Å². The topological polar surface area (TPSA) is 43.9 Å². The van der Waals surface area contributed by atoms with Crippen LogP contribution >= 0.6 is 0 Å². The molecule has 2 aliphatic heterocycles. The number of amides is 2. The highest BCUT2D eigenvalue weighted by Crippen LogP contribution is 2.20. The Kier molecular flexibility index (Phi) is 4.22. The van der Waals surface area contributed by atoms with Gasteiger partial charge >= 0.3 is 0 Å². The smallest absolute Gasteiger partial charge is 0.245 e. The second-order valence-corrected chi connectivity index (χ2v) is 5.35. The van der Waals surface area contributed by atoms with Gasteiger partial charge in [0.05, 0.1) is 0 Å². The van der Waals surface area contributed by atoms with Gasteiger partial charge in [-0.2, -0.15) is 0 Å². The Bertz CT molecular complexity index is 332. The molecule has 1 atom stereocenters. The molecule has 2 amide bonds. The molecule has 2 saturated heterocycles. The van der Waals surface area contributed by atoms with E-state index in [9.17, 15) is 9.59 Å². The van der Waals surface area contributed by atoms with E-state index in [1.165, 1.54) is 0 Å². The molecule has 0 aliphatic carbocycles. The maximum Gasteiger partial charge on any atom is 0.245 e. The van der Waals surface area contributed by atoms with E-state index in [0.717, 1.165) is 52.0 Å². The fraction of sp³-hybridized carbons (Fsp3) is 0.846. The van der Waals surface area contributed by atoms with Crippen molar-refractivity contribution in [2.24, 2.45) is 0 Å². The normalized spacial score (nSPS) is 26.2. The third kappa shape index (κ3) is 2.83. The third-order valence-electron chi connectivity index (χ3n) is 3.97. The summed E-state index contributed by atoms with van der Waals surface area (Å²) >= 11 is 0.